The van der Waals surface area contributed by atoms with Gasteiger partial charge in [-0.1, -0.05) is 6.07 Å². The Hall–Kier alpha value is -1.66. The summed E-state index contributed by atoms with van der Waals surface area (Å²) in [7, 11) is 1.37. The molecule has 0 bridgehead atoms. The molecule has 0 saturated carbocycles. The van der Waals surface area contributed by atoms with Crippen LogP contribution in [0.5, 0.6) is 5.75 Å². The van der Waals surface area contributed by atoms with Gasteiger partial charge in [0, 0.05) is 13.2 Å². The van der Waals surface area contributed by atoms with Gasteiger partial charge in [0.25, 0.3) is 0 Å². The molecule has 1 saturated heterocycles. The van der Waals surface area contributed by atoms with Crippen molar-refractivity contribution in [2.24, 2.45) is 0 Å². The van der Waals surface area contributed by atoms with E-state index in [1.54, 1.807) is 6.07 Å². The van der Waals surface area contributed by atoms with Crippen LogP contribution in [-0.2, 0) is 15.1 Å². The lowest BCUT2D eigenvalue weighted by Gasteiger charge is -2.28. The van der Waals surface area contributed by atoms with Gasteiger partial charge < -0.3 is 14.6 Å². The maximum absolute atomic E-state index is 13.8. The summed E-state index contributed by atoms with van der Waals surface area (Å²) < 4.78 is 24.1. The largest absolute Gasteiger partial charge is 0.494 e. The van der Waals surface area contributed by atoms with Crippen molar-refractivity contribution in [1.29, 1.82) is 0 Å². The zero-order valence-electron chi connectivity index (χ0n) is 12.2. The van der Waals surface area contributed by atoms with E-state index in [4.69, 9.17) is 9.47 Å². The number of carbonyl (C=O) groups is 1. The fourth-order valence-corrected chi connectivity index (χ4v) is 2.40. The molecule has 1 heterocycles. The Kier molecular flexibility index (Phi) is 4.80. The third kappa shape index (κ3) is 3.33. The molecule has 1 aromatic rings. The van der Waals surface area contributed by atoms with E-state index in [1.165, 1.54) is 26.2 Å². The summed E-state index contributed by atoms with van der Waals surface area (Å²) in [5.74, 6) is -1.56. The lowest BCUT2D eigenvalue weighted by atomic mass is 9.91. The number of hydrogen-bond acceptors (Lipinski definition) is 4. The van der Waals surface area contributed by atoms with E-state index in [0.717, 1.165) is 12.8 Å². The second-order valence-electron chi connectivity index (χ2n) is 5.30. The molecule has 2 rings (SSSR count). The number of aliphatic carboxylic acids is 1. The number of carboxylic acids is 1. The standard InChI is InChI=1S/C15H20FNO4/c1-15(14(18)19,17-9-11-4-3-7-21-11)10-5-6-13(20-2)12(16)8-10/h5-6,8,11,17H,3-4,7,9H2,1-2H3,(H,18,19). The number of rotatable bonds is 6. The molecule has 0 aliphatic carbocycles. The highest BCUT2D eigenvalue weighted by Gasteiger charge is 2.36. The van der Waals surface area contributed by atoms with Gasteiger partial charge in [-0.2, -0.15) is 0 Å². The number of methoxy groups -OCH3 is 1. The van der Waals surface area contributed by atoms with Crippen LogP contribution in [0.2, 0.25) is 0 Å². The van der Waals surface area contributed by atoms with E-state index in [0.29, 0.717) is 18.7 Å². The summed E-state index contributed by atoms with van der Waals surface area (Å²) in [6.45, 7) is 2.63. The molecule has 1 aliphatic heterocycles. The first-order valence-corrected chi connectivity index (χ1v) is 6.91. The number of hydrogen-bond donors (Lipinski definition) is 2. The Morgan fingerprint density at radius 3 is 2.90 bits per heavy atom. The van der Waals surface area contributed by atoms with E-state index in [1.807, 2.05) is 0 Å². The summed E-state index contributed by atoms with van der Waals surface area (Å²) in [6.07, 6.45) is 1.89. The minimum atomic E-state index is -1.38. The lowest BCUT2D eigenvalue weighted by Crippen LogP contribution is -2.49. The summed E-state index contributed by atoms with van der Waals surface area (Å²) in [5.41, 5.74) is -1.04. The Bertz CT molecular complexity index is 516. The number of nitrogens with one attached hydrogen (secondary N) is 1. The van der Waals surface area contributed by atoms with Crippen LogP contribution in [0.3, 0.4) is 0 Å². The SMILES string of the molecule is COc1ccc(C(C)(NCC2CCCO2)C(=O)O)cc1F. The van der Waals surface area contributed by atoms with Crippen LogP contribution < -0.4 is 10.1 Å². The van der Waals surface area contributed by atoms with Crippen LogP contribution in [0.1, 0.15) is 25.3 Å². The number of ether oxygens (including phenoxy) is 2. The van der Waals surface area contributed by atoms with E-state index in [2.05, 4.69) is 5.32 Å². The second kappa shape index (κ2) is 6.41. The predicted molar refractivity (Wildman–Crippen MR) is 74.9 cm³/mol. The Morgan fingerprint density at radius 2 is 2.38 bits per heavy atom. The number of benzene rings is 1. The van der Waals surface area contributed by atoms with E-state index in [-0.39, 0.29) is 11.9 Å². The molecule has 5 nitrogen and oxygen atoms in total. The van der Waals surface area contributed by atoms with Gasteiger partial charge in [0.1, 0.15) is 5.54 Å². The minimum Gasteiger partial charge on any atom is -0.494 e. The van der Waals surface area contributed by atoms with E-state index >= 15 is 0 Å². The Labute approximate surface area is 123 Å². The van der Waals surface area contributed by atoms with Crippen LogP contribution in [0.4, 0.5) is 4.39 Å². The third-order valence-corrected chi connectivity index (χ3v) is 3.86. The minimum absolute atomic E-state index is 0.00627. The smallest absolute Gasteiger partial charge is 0.328 e. The van der Waals surface area contributed by atoms with Crippen molar-refractivity contribution < 1.29 is 23.8 Å². The Morgan fingerprint density at radius 1 is 1.62 bits per heavy atom. The lowest BCUT2D eigenvalue weighted by molar-refractivity contribution is -0.144. The molecule has 0 aromatic heterocycles. The zero-order valence-corrected chi connectivity index (χ0v) is 12.2. The van der Waals surface area contributed by atoms with Crippen molar-refractivity contribution in [3.05, 3.63) is 29.6 Å². The van der Waals surface area contributed by atoms with Gasteiger partial charge in [0.05, 0.1) is 13.2 Å². The normalized spacial score (nSPS) is 21.0. The number of carboxylic acid groups (broad SMARTS) is 1. The fraction of sp³-hybridized carbons (Fsp3) is 0.533. The summed E-state index contributed by atoms with van der Waals surface area (Å²) in [6, 6.07) is 4.17. The van der Waals surface area contributed by atoms with Crippen LogP contribution in [-0.4, -0.2) is 37.4 Å². The molecule has 1 fully saturated rings. The Balaban J connectivity index is 2.19. The second-order valence-corrected chi connectivity index (χ2v) is 5.30. The zero-order chi connectivity index (χ0) is 15.5. The predicted octanol–water partition coefficient (Wildman–Crippen LogP) is 1.90. The van der Waals surface area contributed by atoms with Gasteiger partial charge in [-0.05, 0) is 37.5 Å². The topological polar surface area (TPSA) is 67.8 Å². The van der Waals surface area contributed by atoms with Gasteiger partial charge >= 0.3 is 5.97 Å². The molecule has 6 heteroatoms. The van der Waals surface area contributed by atoms with Gasteiger partial charge in [-0.15, -0.1) is 0 Å². The van der Waals surface area contributed by atoms with Crippen LogP contribution >= 0.6 is 0 Å². The first kappa shape index (κ1) is 15.7. The first-order valence-electron chi connectivity index (χ1n) is 6.91. The quantitative estimate of drug-likeness (QED) is 0.839. The van der Waals surface area contributed by atoms with Crippen LogP contribution in [0, 0.1) is 5.82 Å². The fourth-order valence-electron chi connectivity index (χ4n) is 2.40. The molecule has 0 spiro atoms. The molecule has 1 aromatic carbocycles. The summed E-state index contributed by atoms with van der Waals surface area (Å²) in [5, 5.41) is 12.5. The molecule has 21 heavy (non-hydrogen) atoms. The highest BCUT2D eigenvalue weighted by molar-refractivity contribution is 5.80. The van der Waals surface area contributed by atoms with Gasteiger partial charge in [-0.25, -0.2) is 9.18 Å². The highest BCUT2D eigenvalue weighted by atomic mass is 19.1. The molecule has 1 aliphatic rings. The maximum Gasteiger partial charge on any atom is 0.328 e. The molecular formula is C15H20FNO4. The molecule has 2 unspecified atom stereocenters. The van der Waals surface area contributed by atoms with Gasteiger partial charge in [-0.3, -0.25) is 5.32 Å². The summed E-state index contributed by atoms with van der Waals surface area (Å²) >= 11 is 0. The summed E-state index contributed by atoms with van der Waals surface area (Å²) in [4.78, 5) is 11.6. The van der Waals surface area contributed by atoms with Crippen molar-refractivity contribution in [2.75, 3.05) is 20.3 Å². The molecule has 2 N–H and O–H groups in total. The van der Waals surface area contributed by atoms with Crippen molar-refractivity contribution in [3.63, 3.8) is 0 Å². The van der Waals surface area contributed by atoms with Crippen molar-refractivity contribution in [1.82, 2.24) is 5.32 Å². The van der Waals surface area contributed by atoms with Crippen LogP contribution in [0.25, 0.3) is 0 Å². The highest BCUT2D eigenvalue weighted by Crippen LogP contribution is 2.27. The molecular weight excluding hydrogens is 277 g/mol. The average molecular weight is 297 g/mol. The molecule has 0 radical (unpaired) electrons. The first-order chi connectivity index (χ1) is 9.97. The third-order valence-electron chi connectivity index (χ3n) is 3.86. The molecule has 2 atom stereocenters. The number of halogens is 1. The van der Waals surface area contributed by atoms with Gasteiger partial charge in [0.2, 0.25) is 0 Å². The van der Waals surface area contributed by atoms with Crippen molar-refractivity contribution in [3.8, 4) is 5.75 Å². The van der Waals surface area contributed by atoms with Crippen molar-refractivity contribution in [2.45, 2.75) is 31.4 Å². The van der Waals surface area contributed by atoms with E-state index in [9.17, 15) is 14.3 Å². The molecule has 116 valence electrons. The average Bonchev–Trinajstić information content (AvgIpc) is 2.97. The van der Waals surface area contributed by atoms with Crippen molar-refractivity contribution >= 4 is 5.97 Å². The monoisotopic (exact) mass is 297 g/mol. The van der Waals surface area contributed by atoms with Crippen LogP contribution in [0.15, 0.2) is 18.2 Å². The molecule has 0 amide bonds. The maximum atomic E-state index is 13.8. The van der Waals surface area contributed by atoms with Gasteiger partial charge in [0.15, 0.2) is 11.6 Å². The van der Waals surface area contributed by atoms with E-state index < -0.39 is 17.3 Å².